The molecule has 226 valence electrons. The van der Waals surface area contributed by atoms with Gasteiger partial charge in [-0.05, 0) is 77.8 Å². The van der Waals surface area contributed by atoms with Gasteiger partial charge in [-0.25, -0.2) is 0 Å². The molecule has 0 fully saturated rings. The summed E-state index contributed by atoms with van der Waals surface area (Å²) in [5.74, 6) is -0.107. The summed E-state index contributed by atoms with van der Waals surface area (Å²) in [5.41, 5.74) is 4.72. The number of aryl methyl sites for hydroxylation is 2. The average molecular weight is 624 g/mol. The largest absolute Gasteiger partial charge is 0.484 e. The number of carbonyl (C=O) groups excluding carboxylic acids is 3. The molecule has 1 unspecified atom stereocenters. The number of hydrogen-bond donors (Lipinski definition) is 2. The Bertz CT molecular complexity index is 1520. The summed E-state index contributed by atoms with van der Waals surface area (Å²) >= 11 is 12.8. The van der Waals surface area contributed by atoms with E-state index in [0.29, 0.717) is 24.3 Å². The lowest BCUT2D eigenvalue weighted by molar-refractivity contribution is -0.124. The molecule has 43 heavy (non-hydrogen) atoms. The van der Waals surface area contributed by atoms with Crippen LogP contribution in [0.2, 0.25) is 10.0 Å². The van der Waals surface area contributed by atoms with Crippen LogP contribution in [0.3, 0.4) is 0 Å². The van der Waals surface area contributed by atoms with Crippen molar-refractivity contribution in [2.75, 3.05) is 19.8 Å². The van der Waals surface area contributed by atoms with Crippen molar-refractivity contribution in [2.45, 2.75) is 52.0 Å². The highest BCUT2D eigenvalue weighted by molar-refractivity contribution is 6.45. The van der Waals surface area contributed by atoms with Crippen LogP contribution < -0.4 is 20.1 Å². The highest BCUT2D eigenvalue weighted by Crippen LogP contribution is 2.37. The third-order valence-corrected chi connectivity index (χ3v) is 8.25. The Balaban J connectivity index is 1.51. The molecule has 2 amide bonds. The van der Waals surface area contributed by atoms with Crippen molar-refractivity contribution in [3.8, 4) is 11.5 Å². The van der Waals surface area contributed by atoms with Gasteiger partial charge in [0.2, 0.25) is 0 Å². The van der Waals surface area contributed by atoms with E-state index in [2.05, 4.69) is 30.2 Å². The van der Waals surface area contributed by atoms with Crippen LogP contribution in [0.1, 0.15) is 71.8 Å². The molecule has 0 heterocycles. The third-order valence-electron chi connectivity index (χ3n) is 7.38. The molecule has 1 atom stereocenters. The third kappa shape index (κ3) is 7.98. The van der Waals surface area contributed by atoms with Gasteiger partial charge in [0.1, 0.15) is 16.5 Å². The monoisotopic (exact) mass is 622 g/mol. The van der Waals surface area contributed by atoms with E-state index in [1.54, 1.807) is 0 Å². The highest BCUT2D eigenvalue weighted by atomic mass is 35.5. The molecule has 0 aromatic heterocycles. The second-order valence-corrected chi connectivity index (χ2v) is 11.1. The molecular weight excluding hydrogens is 587 g/mol. The van der Waals surface area contributed by atoms with Crippen molar-refractivity contribution in [1.82, 2.24) is 10.6 Å². The number of fused-ring (bicyclic) bond motifs is 2. The fourth-order valence-electron chi connectivity index (χ4n) is 4.92. The summed E-state index contributed by atoms with van der Waals surface area (Å²) in [6, 6.07) is 16.3. The number of allylic oxidation sites excluding steroid dienone is 1. The summed E-state index contributed by atoms with van der Waals surface area (Å²) in [7, 11) is 0. The second-order valence-electron chi connectivity index (χ2n) is 10.4. The number of Topliss-reactive ketones (excluding diaryl/α,β-unsaturated/α-hetero) is 1. The number of ether oxygens (including phenoxy) is 2. The van der Waals surface area contributed by atoms with Crippen LogP contribution in [-0.4, -0.2) is 37.4 Å². The van der Waals surface area contributed by atoms with E-state index < -0.39 is 6.04 Å². The van der Waals surface area contributed by atoms with Gasteiger partial charge >= 0.3 is 0 Å². The van der Waals surface area contributed by atoms with Crippen LogP contribution in [0.5, 0.6) is 11.5 Å². The Morgan fingerprint density at radius 1 is 0.884 bits per heavy atom. The molecule has 0 radical (unpaired) electrons. The first-order valence-corrected chi connectivity index (χ1v) is 15.2. The van der Waals surface area contributed by atoms with E-state index in [1.807, 2.05) is 43.3 Å². The summed E-state index contributed by atoms with van der Waals surface area (Å²) in [4.78, 5) is 38.0. The zero-order valence-electron chi connectivity index (χ0n) is 24.4. The molecule has 7 nitrogen and oxygen atoms in total. The van der Waals surface area contributed by atoms with Gasteiger partial charge in [0.05, 0.1) is 11.1 Å². The first-order chi connectivity index (χ1) is 20.7. The molecule has 2 N–H and O–H groups in total. The number of unbranched alkanes of at least 4 members (excludes halogenated alkanes) is 1. The zero-order chi connectivity index (χ0) is 30.9. The molecule has 3 aromatic rings. The SMILES string of the molecule is C=C(CC)C(=O)c1ccc(OCC(=O)NC2c3ccccc3CCc3ccc(OCC(=O)NCCCC)cc32)c(Cl)c1Cl. The Hall–Kier alpha value is -3.81. The highest BCUT2D eigenvalue weighted by Gasteiger charge is 2.26. The minimum absolute atomic E-state index is 0.0508. The average Bonchev–Trinajstić information content (AvgIpc) is 3.16. The lowest BCUT2D eigenvalue weighted by atomic mass is 9.94. The van der Waals surface area contributed by atoms with Crippen molar-refractivity contribution in [3.63, 3.8) is 0 Å². The number of hydrogen-bond acceptors (Lipinski definition) is 5. The van der Waals surface area contributed by atoms with Gasteiger partial charge in [0, 0.05) is 12.1 Å². The van der Waals surface area contributed by atoms with Crippen LogP contribution in [-0.2, 0) is 22.4 Å². The van der Waals surface area contributed by atoms with Crippen LogP contribution >= 0.6 is 23.2 Å². The Morgan fingerprint density at radius 3 is 2.35 bits per heavy atom. The Labute approximate surface area is 262 Å². The molecule has 9 heteroatoms. The summed E-state index contributed by atoms with van der Waals surface area (Å²) in [5, 5.41) is 6.07. The van der Waals surface area contributed by atoms with Crippen LogP contribution in [0.25, 0.3) is 0 Å². The molecule has 3 aromatic carbocycles. The quantitative estimate of drug-likeness (QED) is 0.124. The van der Waals surface area contributed by atoms with Gasteiger partial charge < -0.3 is 20.1 Å². The smallest absolute Gasteiger partial charge is 0.258 e. The van der Waals surface area contributed by atoms with E-state index in [1.165, 1.54) is 12.1 Å². The molecule has 4 rings (SSSR count). The van der Waals surface area contributed by atoms with Crippen LogP contribution in [0.15, 0.2) is 66.7 Å². The van der Waals surface area contributed by atoms with Gasteiger partial charge in [0.25, 0.3) is 11.8 Å². The first kappa shape index (κ1) is 32.1. The predicted octanol–water partition coefficient (Wildman–Crippen LogP) is 6.82. The fourth-order valence-corrected chi connectivity index (χ4v) is 5.38. The molecule has 0 bridgehead atoms. The van der Waals surface area contributed by atoms with E-state index in [4.69, 9.17) is 32.7 Å². The van der Waals surface area contributed by atoms with Crippen molar-refractivity contribution < 1.29 is 23.9 Å². The maximum absolute atomic E-state index is 13.3. The molecular formula is C34H36Cl2N2O5. The molecule has 0 saturated carbocycles. The van der Waals surface area contributed by atoms with E-state index >= 15 is 0 Å². The fraction of sp³-hybridized carbons (Fsp3) is 0.324. The predicted molar refractivity (Wildman–Crippen MR) is 169 cm³/mol. The number of ketones is 1. The number of rotatable bonds is 13. The second kappa shape index (κ2) is 15.1. The molecule has 1 aliphatic rings. The minimum atomic E-state index is -0.467. The Kier molecular flexibility index (Phi) is 11.3. The lowest BCUT2D eigenvalue weighted by Crippen LogP contribution is -2.34. The van der Waals surface area contributed by atoms with Crippen molar-refractivity contribution in [2.24, 2.45) is 0 Å². The van der Waals surface area contributed by atoms with E-state index in [9.17, 15) is 14.4 Å². The summed E-state index contributed by atoms with van der Waals surface area (Å²) in [6.07, 6.45) is 4.00. The van der Waals surface area contributed by atoms with Crippen molar-refractivity contribution >= 4 is 40.8 Å². The number of carbonyl (C=O) groups is 3. The van der Waals surface area contributed by atoms with Crippen molar-refractivity contribution in [1.29, 1.82) is 0 Å². The lowest BCUT2D eigenvalue weighted by Gasteiger charge is -2.23. The number of benzene rings is 3. The maximum atomic E-state index is 13.3. The van der Waals surface area contributed by atoms with Gasteiger partial charge in [-0.1, -0.05) is 80.4 Å². The molecule has 0 spiro atoms. The van der Waals surface area contributed by atoms with Crippen molar-refractivity contribution in [3.05, 3.63) is 105 Å². The van der Waals surface area contributed by atoms with Crippen LogP contribution in [0, 0.1) is 0 Å². The maximum Gasteiger partial charge on any atom is 0.258 e. The summed E-state index contributed by atoms with van der Waals surface area (Å²) in [6.45, 7) is 7.86. The molecule has 0 aliphatic heterocycles. The zero-order valence-corrected chi connectivity index (χ0v) is 25.9. The molecule has 0 saturated heterocycles. The summed E-state index contributed by atoms with van der Waals surface area (Å²) < 4.78 is 11.6. The van der Waals surface area contributed by atoms with E-state index in [-0.39, 0.29) is 52.2 Å². The van der Waals surface area contributed by atoms with E-state index in [0.717, 1.165) is 47.9 Å². The van der Waals surface area contributed by atoms with Gasteiger partial charge in [-0.3, -0.25) is 14.4 Å². The molecule has 1 aliphatic carbocycles. The first-order valence-electron chi connectivity index (χ1n) is 14.5. The van der Waals surface area contributed by atoms with Crippen LogP contribution in [0.4, 0.5) is 0 Å². The van der Waals surface area contributed by atoms with Gasteiger partial charge in [-0.15, -0.1) is 0 Å². The Morgan fingerprint density at radius 2 is 1.60 bits per heavy atom. The number of halogens is 2. The normalized spacial score (nSPS) is 13.6. The minimum Gasteiger partial charge on any atom is -0.484 e. The number of nitrogens with one attached hydrogen (secondary N) is 2. The van der Waals surface area contributed by atoms with Gasteiger partial charge in [0.15, 0.2) is 19.0 Å². The standard InChI is InChI=1S/C34H36Cl2N2O5/c1-4-6-17-37-29(39)19-42-24-14-13-23-12-11-22-9-7-8-10-25(22)33(27(23)18-24)38-30(40)20-43-28-16-15-26(31(35)32(28)36)34(41)21(3)5-2/h7-10,13-16,18,33H,3-6,11-12,17,19-20H2,1-2H3,(H,37,39)(H,38,40). The number of amides is 2. The topological polar surface area (TPSA) is 93.7 Å². The van der Waals surface area contributed by atoms with Gasteiger partial charge in [-0.2, -0.15) is 0 Å².